The normalized spacial score (nSPS) is 14.1. The molecule has 204 valence electrons. The van der Waals surface area contributed by atoms with E-state index < -0.39 is 0 Å². The molecule has 0 aliphatic heterocycles. The number of nitrogens with one attached hydrogen (secondary N) is 2. The molecule has 3 aromatic rings. The van der Waals surface area contributed by atoms with Crippen LogP contribution in [0.5, 0.6) is 5.75 Å². The Bertz CT molecular complexity index is 1240. The molecule has 0 bridgehead atoms. The van der Waals surface area contributed by atoms with Crippen LogP contribution in [0.4, 0.5) is 4.39 Å². The molecule has 0 radical (unpaired) electrons. The molecule has 8 heteroatoms. The first-order chi connectivity index (χ1) is 18.5. The summed E-state index contributed by atoms with van der Waals surface area (Å²) in [5, 5.41) is 14.4. The summed E-state index contributed by atoms with van der Waals surface area (Å²) < 4.78 is 18.8. The minimum absolute atomic E-state index is 0.0653. The fraction of sp³-hybridized carbons (Fsp3) is 0.467. The molecule has 0 atom stereocenters. The van der Waals surface area contributed by atoms with Crippen LogP contribution in [0, 0.1) is 5.82 Å². The van der Waals surface area contributed by atoms with Crippen LogP contribution in [0.25, 0.3) is 10.9 Å². The first kappa shape index (κ1) is 27.8. The van der Waals surface area contributed by atoms with Crippen molar-refractivity contribution in [2.24, 2.45) is 0 Å². The number of hydrogen-bond donors (Lipinski definition) is 3. The van der Waals surface area contributed by atoms with E-state index in [1.165, 1.54) is 24.6 Å². The van der Waals surface area contributed by atoms with Crippen LogP contribution >= 0.6 is 0 Å². The second-order valence-corrected chi connectivity index (χ2v) is 9.97. The predicted molar refractivity (Wildman–Crippen MR) is 147 cm³/mol. The average molecular weight is 524 g/mol. The van der Waals surface area contributed by atoms with Gasteiger partial charge in [-0.2, -0.15) is 0 Å². The summed E-state index contributed by atoms with van der Waals surface area (Å²) >= 11 is 0. The molecule has 1 aliphatic carbocycles. The number of ether oxygens (including phenoxy) is 1. The van der Waals surface area contributed by atoms with Crippen molar-refractivity contribution in [2.75, 3.05) is 32.8 Å². The van der Waals surface area contributed by atoms with Gasteiger partial charge in [-0.3, -0.25) is 9.59 Å². The highest BCUT2D eigenvalue weighted by molar-refractivity contribution is 5.87. The van der Waals surface area contributed by atoms with Gasteiger partial charge in [-0.05, 0) is 67.6 Å². The van der Waals surface area contributed by atoms with E-state index in [0.717, 1.165) is 55.2 Å². The fourth-order valence-electron chi connectivity index (χ4n) is 5.21. The van der Waals surface area contributed by atoms with E-state index in [-0.39, 0.29) is 29.1 Å². The first-order valence-electron chi connectivity index (χ1n) is 13.7. The van der Waals surface area contributed by atoms with E-state index in [2.05, 4.69) is 10.3 Å². The topological polar surface area (TPSA) is 94.7 Å². The number of hydrogen-bond acceptors (Lipinski definition) is 5. The number of halogens is 1. The monoisotopic (exact) mass is 523 g/mol. The summed E-state index contributed by atoms with van der Waals surface area (Å²) in [7, 11) is 0. The largest absolute Gasteiger partial charge is 0.506 e. The minimum atomic E-state index is -0.246. The molecule has 1 saturated carbocycles. The molecule has 3 N–H and O–H groups in total. The molecule has 7 nitrogen and oxygen atoms in total. The van der Waals surface area contributed by atoms with Gasteiger partial charge >= 0.3 is 0 Å². The zero-order chi connectivity index (χ0) is 26.7. The minimum Gasteiger partial charge on any atom is -0.506 e. The molecule has 38 heavy (non-hydrogen) atoms. The number of pyridine rings is 1. The molecule has 1 amide bonds. The number of aromatic nitrogens is 1. The van der Waals surface area contributed by atoms with Crippen LogP contribution in [0.15, 0.2) is 53.3 Å². The Balaban J connectivity index is 1.22. The SMILES string of the molecule is O=C(CCOCCc1ccc(F)cc1)N(CCNCCc1ccc(O)c2[nH]c(=O)ccc12)C1CCCCC1. The molecule has 0 spiro atoms. The zero-order valence-electron chi connectivity index (χ0n) is 21.9. The van der Waals surface area contributed by atoms with Gasteiger partial charge in [-0.1, -0.05) is 37.5 Å². The highest BCUT2D eigenvalue weighted by Gasteiger charge is 2.24. The molecule has 1 aromatic heterocycles. The lowest BCUT2D eigenvalue weighted by Crippen LogP contribution is -2.45. The van der Waals surface area contributed by atoms with Crippen molar-refractivity contribution in [3.8, 4) is 5.75 Å². The molecule has 1 aliphatic rings. The summed E-state index contributed by atoms with van der Waals surface area (Å²) in [5.41, 5.74) is 2.28. The Kier molecular flexibility index (Phi) is 10.3. The van der Waals surface area contributed by atoms with Crippen molar-refractivity contribution in [1.82, 2.24) is 15.2 Å². The van der Waals surface area contributed by atoms with Gasteiger partial charge in [0.25, 0.3) is 0 Å². The van der Waals surface area contributed by atoms with Gasteiger partial charge in [-0.25, -0.2) is 4.39 Å². The van der Waals surface area contributed by atoms with Crippen LogP contribution in [-0.2, 0) is 22.4 Å². The molecular formula is C30H38FN3O4. The van der Waals surface area contributed by atoms with Crippen molar-refractivity contribution in [3.63, 3.8) is 0 Å². The summed E-state index contributed by atoms with van der Waals surface area (Å²) in [5.74, 6) is -0.0478. The Morgan fingerprint density at radius 3 is 2.58 bits per heavy atom. The van der Waals surface area contributed by atoms with Crippen molar-refractivity contribution in [2.45, 2.75) is 57.4 Å². The number of aromatic amines is 1. The van der Waals surface area contributed by atoms with Crippen LogP contribution in [-0.4, -0.2) is 59.8 Å². The van der Waals surface area contributed by atoms with Crippen LogP contribution in [0.3, 0.4) is 0 Å². The number of H-pyrrole nitrogens is 1. The molecule has 1 heterocycles. The Morgan fingerprint density at radius 1 is 1.00 bits per heavy atom. The third-order valence-electron chi connectivity index (χ3n) is 7.31. The summed E-state index contributed by atoms with van der Waals surface area (Å²) in [6.07, 6.45) is 7.44. The second-order valence-electron chi connectivity index (χ2n) is 9.97. The number of amides is 1. The lowest BCUT2D eigenvalue weighted by Gasteiger charge is -2.34. The van der Waals surface area contributed by atoms with E-state index in [4.69, 9.17) is 4.74 Å². The van der Waals surface area contributed by atoms with Crippen LogP contribution < -0.4 is 10.9 Å². The molecule has 1 fully saturated rings. The van der Waals surface area contributed by atoms with Crippen LogP contribution in [0.1, 0.15) is 49.7 Å². The van der Waals surface area contributed by atoms with Crippen molar-refractivity contribution in [1.29, 1.82) is 0 Å². The second kappa shape index (κ2) is 14.1. The van der Waals surface area contributed by atoms with E-state index in [1.807, 2.05) is 11.0 Å². The maximum absolute atomic E-state index is 13.1. The average Bonchev–Trinajstić information content (AvgIpc) is 2.93. The fourth-order valence-corrected chi connectivity index (χ4v) is 5.21. The van der Waals surface area contributed by atoms with E-state index in [0.29, 0.717) is 44.7 Å². The number of aromatic hydroxyl groups is 1. The molecular weight excluding hydrogens is 485 g/mol. The van der Waals surface area contributed by atoms with Crippen molar-refractivity contribution < 1.29 is 19.0 Å². The predicted octanol–water partition coefficient (Wildman–Crippen LogP) is 4.32. The summed E-state index contributed by atoms with van der Waals surface area (Å²) in [6.45, 7) is 2.96. The lowest BCUT2D eigenvalue weighted by molar-refractivity contribution is -0.135. The number of benzene rings is 2. The lowest BCUT2D eigenvalue weighted by atomic mass is 9.94. The highest BCUT2D eigenvalue weighted by atomic mass is 19.1. The third-order valence-corrected chi connectivity index (χ3v) is 7.31. The van der Waals surface area contributed by atoms with Crippen LogP contribution in [0.2, 0.25) is 0 Å². The maximum Gasteiger partial charge on any atom is 0.248 e. The van der Waals surface area contributed by atoms with Gasteiger partial charge < -0.3 is 25.0 Å². The number of carbonyl (C=O) groups excluding carboxylic acids is 1. The molecule has 0 saturated heterocycles. The summed E-state index contributed by atoms with van der Waals surface area (Å²) in [6, 6.07) is 13.4. The van der Waals surface area contributed by atoms with E-state index in [9.17, 15) is 19.1 Å². The number of rotatable bonds is 13. The Morgan fingerprint density at radius 2 is 1.79 bits per heavy atom. The van der Waals surface area contributed by atoms with Gasteiger partial charge in [0.1, 0.15) is 11.6 Å². The third kappa shape index (κ3) is 7.88. The van der Waals surface area contributed by atoms with Gasteiger partial charge in [0.15, 0.2) is 0 Å². The highest BCUT2D eigenvalue weighted by Crippen LogP contribution is 2.25. The molecule has 4 rings (SSSR count). The number of carbonyl (C=O) groups is 1. The van der Waals surface area contributed by atoms with Gasteiger partial charge in [0, 0.05) is 30.6 Å². The standard InChI is InChI=1S/C30H38FN3O4/c31-24-9-6-22(7-10-24)15-20-38-21-16-29(37)34(25-4-2-1-3-5-25)19-18-32-17-14-23-8-12-27(35)30-26(23)11-13-28(36)33-30/h6-13,25,32,35H,1-5,14-21H2,(H,33,36). The summed E-state index contributed by atoms with van der Waals surface area (Å²) in [4.78, 5) is 29.5. The quantitative estimate of drug-likeness (QED) is 0.290. The van der Waals surface area contributed by atoms with Crippen molar-refractivity contribution in [3.05, 3.63) is 75.8 Å². The smallest absolute Gasteiger partial charge is 0.248 e. The van der Waals surface area contributed by atoms with Gasteiger partial charge in [-0.15, -0.1) is 0 Å². The van der Waals surface area contributed by atoms with Crippen molar-refractivity contribution >= 4 is 16.8 Å². The van der Waals surface area contributed by atoms with E-state index >= 15 is 0 Å². The Labute approximate surface area is 223 Å². The zero-order valence-corrected chi connectivity index (χ0v) is 21.9. The molecule has 0 unspecified atom stereocenters. The van der Waals surface area contributed by atoms with Gasteiger partial charge in [0.05, 0.1) is 25.2 Å². The number of phenols is 1. The number of nitrogens with zero attached hydrogens (tertiary/aromatic N) is 1. The Hall–Kier alpha value is -3.23. The number of phenolic OH excluding ortho intramolecular Hbond substituents is 1. The first-order valence-corrected chi connectivity index (χ1v) is 13.7. The number of fused-ring (bicyclic) bond motifs is 1. The van der Waals surface area contributed by atoms with E-state index in [1.54, 1.807) is 24.3 Å². The molecule has 2 aromatic carbocycles. The maximum atomic E-state index is 13.1. The van der Waals surface area contributed by atoms with Gasteiger partial charge in [0.2, 0.25) is 11.5 Å².